The summed E-state index contributed by atoms with van der Waals surface area (Å²) in [5.41, 5.74) is 0.696. The van der Waals surface area contributed by atoms with Crippen molar-refractivity contribution in [2.45, 2.75) is 37.5 Å². The summed E-state index contributed by atoms with van der Waals surface area (Å²) in [5, 5.41) is 13.1. The first-order valence-corrected chi connectivity index (χ1v) is 9.09. The summed E-state index contributed by atoms with van der Waals surface area (Å²) < 4.78 is 33.2. The average Bonchev–Trinajstić information content (AvgIpc) is 3.27. The third kappa shape index (κ3) is 2.99. The predicted octanol–water partition coefficient (Wildman–Crippen LogP) is 3.32. The monoisotopic (exact) mass is 370 g/mol. The average molecular weight is 371 g/mol. The van der Waals surface area contributed by atoms with Crippen LogP contribution in [0, 0.1) is 13.8 Å². The highest BCUT2D eigenvalue weighted by atomic mass is 35.5. The van der Waals surface area contributed by atoms with Gasteiger partial charge in [0.15, 0.2) is 5.76 Å². The lowest BCUT2D eigenvalue weighted by atomic mass is 10.1. The van der Waals surface area contributed by atoms with E-state index in [0.717, 1.165) is 12.8 Å². The lowest BCUT2D eigenvalue weighted by Crippen LogP contribution is -2.17. The van der Waals surface area contributed by atoms with E-state index in [4.69, 9.17) is 16.1 Å². The molecule has 2 N–H and O–H groups in total. The molecule has 1 aromatic heterocycles. The van der Waals surface area contributed by atoms with Gasteiger partial charge in [-0.2, -0.15) is 0 Å². The molecule has 128 valence electrons. The van der Waals surface area contributed by atoms with Gasteiger partial charge in [-0.25, -0.2) is 13.2 Å². The van der Waals surface area contributed by atoms with E-state index in [9.17, 15) is 18.3 Å². The van der Waals surface area contributed by atoms with Crippen LogP contribution in [-0.4, -0.2) is 24.7 Å². The smallest absolute Gasteiger partial charge is 0.336 e. The maximum Gasteiger partial charge on any atom is 0.336 e. The second-order valence-electron chi connectivity index (χ2n) is 5.77. The zero-order chi connectivity index (χ0) is 17.6. The largest absolute Gasteiger partial charge is 0.478 e. The third-order valence-corrected chi connectivity index (χ3v) is 5.61. The lowest BCUT2D eigenvalue weighted by Gasteiger charge is -2.12. The molecule has 0 amide bonds. The normalized spacial score (nSPS) is 14.6. The standard InChI is InChI=1S/C15H15ClN2O5S/c1-7-11(15(19)20)5-10(16)6-12(7)24(21,22)18-13-8(2)17-23-14(13)9-3-4-9/h5-6,9,18H,3-4H2,1-2H3,(H,19,20). The molecule has 1 aliphatic carbocycles. The molecular formula is C15H15ClN2O5S. The van der Waals surface area contributed by atoms with Crippen LogP contribution in [-0.2, 0) is 10.0 Å². The fourth-order valence-corrected chi connectivity index (χ4v) is 4.19. The molecule has 1 aromatic carbocycles. The van der Waals surface area contributed by atoms with Gasteiger partial charge in [0.1, 0.15) is 11.4 Å². The first-order chi connectivity index (χ1) is 11.2. The van der Waals surface area contributed by atoms with Gasteiger partial charge in [0.2, 0.25) is 0 Å². The molecule has 1 aliphatic rings. The summed E-state index contributed by atoms with van der Waals surface area (Å²) in [6.07, 6.45) is 1.84. The Morgan fingerprint density at radius 2 is 2.04 bits per heavy atom. The van der Waals surface area contributed by atoms with Crippen molar-refractivity contribution in [3.8, 4) is 0 Å². The van der Waals surface area contributed by atoms with Gasteiger partial charge in [-0.1, -0.05) is 16.8 Å². The predicted molar refractivity (Wildman–Crippen MR) is 87.2 cm³/mol. The molecule has 0 atom stereocenters. The summed E-state index contributed by atoms with van der Waals surface area (Å²) in [6, 6.07) is 2.45. The third-order valence-electron chi connectivity index (χ3n) is 3.92. The number of benzene rings is 1. The van der Waals surface area contributed by atoms with Crippen molar-refractivity contribution in [2.24, 2.45) is 0 Å². The Kier molecular flexibility index (Phi) is 4.05. The molecule has 0 unspecified atom stereocenters. The van der Waals surface area contributed by atoms with Crippen molar-refractivity contribution >= 4 is 33.3 Å². The number of nitrogens with zero attached hydrogens (tertiary/aromatic N) is 1. The Bertz CT molecular complexity index is 932. The minimum atomic E-state index is -4.04. The number of rotatable bonds is 5. The van der Waals surface area contributed by atoms with E-state index in [1.807, 2.05) is 0 Å². The van der Waals surface area contributed by atoms with Crippen LogP contribution in [0.15, 0.2) is 21.6 Å². The Balaban J connectivity index is 2.06. The van der Waals surface area contributed by atoms with Crippen molar-refractivity contribution in [1.82, 2.24) is 5.16 Å². The zero-order valence-corrected chi connectivity index (χ0v) is 14.5. The van der Waals surface area contributed by atoms with Crippen molar-refractivity contribution in [2.75, 3.05) is 4.72 Å². The number of aromatic nitrogens is 1. The molecular weight excluding hydrogens is 356 g/mol. The number of carboxylic acids is 1. The molecule has 1 fully saturated rings. The van der Waals surface area contributed by atoms with Gasteiger partial charge in [-0.3, -0.25) is 4.72 Å². The number of aryl methyl sites for hydroxylation is 1. The van der Waals surface area contributed by atoms with Crippen molar-refractivity contribution in [1.29, 1.82) is 0 Å². The topological polar surface area (TPSA) is 110 Å². The second-order valence-corrected chi connectivity index (χ2v) is 7.86. The molecule has 0 aliphatic heterocycles. The highest BCUT2D eigenvalue weighted by molar-refractivity contribution is 7.92. The van der Waals surface area contributed by atoms with Crippen LogP contribution in [0.1, 0.15) is 46.1 Å². The lowest BCUT2D eigenvalue weighted by molar-refractivity contribution is 0.0696. The summed E-state index contributed by atoms with van der Waals surface area (Å²) in [7, 11) is -4.04. The van der Waals surface area contributed by atoms with E-state index in [1.165, 1.54) is 19.1 Å². The molecule has 7 nitrogen and oxygen atoms in total. The Hall–Kier alpha value is -2.06. The van der Waals surface area contributed by atoms with Gasteiger partial charge in [0.25, 0.3) is 10.0 Å². The first kappa shape index (κ1) is 16.8. The minimum absolute atomic E-state index is 0.0304. The van der Waals surface area contributed by atoms with Gasteiger partial charge >= 0.3 is 5.97 Å². The van der Waals surface area contributed by atoms with Gasteiger partial charge in [-0.15, -0.1) is 0 Å². The molecule has 1 heterocycles. The number of hydrogen-bond donors (Lipinski definition) is 2. The van der Waals surface area contributed by atoms with Crippen LogP contribution in [0.25, 0.3) is 0 Å². The van der Waals surface area contributed by atoms with Crippen molar-refractivity contribution in [3.63, 3.8) is 0 Å². The SMILES string of the molecule is Cc1noc(C2CC2)c1NS(=O)(=O)c1cc(Cl)cc(C(=O)O)c1C. The number of carboxylic acid groups (broad SMARTS) is 1. The summed E-state index contributed by atoms with van der Waals surface area (Å²) in [6.45, 7) is 3.07. The van der Waals surface area contributed by atoms with Crippen LogP contribution in [0.2, 0.25) is 5.02 Å². The van der Waals surface area contributed by atoms with Crippen LogP contribution in [0.4, 0.5) is 5.69 Å². The maximum absolute atomic E-state index is 12.8. The number of anilines is 1. The quantitative estimate of drug-likeness (QED) is 0.835. The molecule has 0 bridgehead atoms. The molecule has 2 aromatic rings. The molecule has 0 saturated heterocycles. The van der Waals surface area contributed by atoms with E-state index < -0.39 is 16.0 Å². The minimum Gasteiger partial charge on any atom is -0.478 e. The number of sulfonamides is 1. The van der Waals surface area contributed by atoms with Crippen LogP contribution in [0.5, 0.6) is 0 Å². The molecule has 9 heteroatoms. The molecule has 3 rings (SSSR count). The van der Waals surface area contributed by atoms with E-state index in [-0.39, 0.29) is 27.0 Å². The summed E-state index contributed by atoms with van der Waals surface area (Å²) >= 11 is 5.89. The molecule has 1 saturated carbocycles. The van der Waals surface area contributed by atoms with Gasteiger partial charge in [0.05, 0.1) is 10.5 Å². The summed E-state index contributed by atoms with van der Waals surface area (Å²) in [4.78, 5) is 11.1. The number of halogens is 1. The van der Waals surface area contributed by atoms with Gasteiger partial charge in [0, 0.05) is 10.9 Å². The number of hydrogen-bond acceptors (Lipinski definition) is 5. The van der Waals surface area contributed by atoms with Crippen LogP contribution in [0.3, 0.4) is 0 Å². The first-order valence-electron chi connectivity index (χ1n) is 7.23. The number of carbonyl (C=O) groups is 1. The molecule has 0 spiro atoms. The van der Waals surface area contributed by atoms with Crippen molar-refractivity contribution in [3.05, 3.63) is 39.7 Å². The van der Waals surface area contributed by atoms with E-state index in [1.54, 1.807) is 6.92 Å². The highest BCUT2D eigenvalue weighted by Gasteiger charge is 2.34. The number of nitrogens with one attached hydrogen (secondary N) is 1. The zero-order valence-electron chi connectivity index (χ0n) is 13.0. The van der Waals surface area contributed by atoms with Gasteiger partial charge in [-0.05, 0) is 44.4 Å². The molecule has 0 radical (unpaired) electrons. The molecule has 24 heavy (non-hydrogen) atoms. The fourth-order valence-electron chi connectivity index (χ4n) is 2.48. The Morgan fingerprint density at radius 1 is 1.38 bits per heavy atom. The van der Waals surface area contributed by atoms with Crippen molar-refractivity contribution < 1.29 is 22.8 Å². The fraction of sp³-hybridized carbons (Fsp3) is 0.333. The van der Waals surface area contributed by atoms with Crippen LogP contribution < -0.4 is 4.72 Å². The Labute approximate surface area is 143 Å². The highest BCUT2D eigenvalue weighted by Crippen LogP contribution is 2.45. The van der Waals surface area contributed by atoms with Crippen LogP contribution >= 0.6 is 11.6 Å². The number of aromatic carboxylic acids is 1. The van der Waals surface area contributed by atoms with E-state index in [0.29, 0.717) is 17.1 Å². The summed E-state index contributed by atoms with van der Waals surface area (Å²) in [5.74, 6) is -0.570. The maximum atomic E-state index is 12.8. The Morgan fingerprint density at radius 3 is 2.62 bits per heavy atom. The second kappa shape index (κ2) is 5.78. The van der Waals surface area contributed by atoms with E-state index in [2.05, 4.69) is 9.88 Å². The van der Waals surface area contributed by atoms with Gasteiger partial charge < -0.3 is 9.63 Å². The van der Waals surface area contributed by atoms with E-state index >= 15 is 0 Å².